The third-order valence-corrected chi connectivity index (χ3v) is 10.7. The highest BCUT2D eigenvalue weighted by Gasteiger charge is 2.67. The molecule has 0 spiro atoms. The van der Waals surface area contributed by atoms with E-state index in [9.17, 15) is 40.0 Å². The largest absolute Gasteiger partial charge is 0.344 e. The van der Waals surface area contributed by atoms with Crippen molar-refractivity contribution in [1.82, 2.24) is 34.4 Å². The number of hydrogen-bond donors (Lipinski definition) is 2. The highest BCUT2D eigenvalue weighted by Crippen LogP contribution is 2.68. The van der Waals surface area contributed by atoms with Gasteiger partial charge in [-0.15, -0.1) is 0 Å². The van der Waals surface area contributed by atoms with Crippen molar-refractivity contribution in [3.63, 3.8) is 0 Å². The molecule has 3 atom stereocenters. The molecule has 0 bridgehead atoms. The number of aryl methyl sites for hydroxylation is 1. The fraction of sp³-hybridized carbons (Fsp3) is 0.286. The van der Waals surface area contributed by atoms with E-state index in [0.717, 1.165) is 27.6 Å². The van der Waals surface area contributed by atoms with Crippen LogP contribution in [0.3, 0.4) is 0 Å². The molecule has 1 fully saturated rings. The quantitative estimate of drug-likeness (QED) is 0.154. The minimum atomic E-state index is -3.97. The molecule has 3 heterocycles. The van der Waals surface area contributed by atoms with Gasteiger partial charge in [0, 0.05) is 37.1 Å². The summed E-state index contributed by atoms with van der Waals surface area (Å²) in [5, 5.41) is 9.53. The molecule has 0 radical (unpaired) electrons. The van der Waals surface area contributed by atoms with Crippen molar-refractivity contribution < 1.29 is 48.3 Å². The number of nitrogens with one attached hydrogen (secondary N) is 2. The Morgan fingerprint density at radius 3 is 2.39 bits per heavy atom. The summed E-state index contributed by atoms with van der Waals surface area (Å²) >= 11 is 6.49. The molecule has 2 aliphatic carbocycles. The van der Waals surface area contributed by atoms with Crippen LogP contribution in [0.4, 0.5) is 40.9 Å². The van der Waals surface area contributed by atoms with Crippen molar-refractivity contribution in [3.8, 4) is 5.69 Å². The number of carbonyl (C=O) groups excluding carboxylic acids is 1. The maximum absolute atomic E-state index is 15.4. The smallest absolute Gasteiger partial charge is 0.293 e. The summed E-state index contributed by atoms with van der Waals surface area (Å²) in [7, 11) is -2.62. The second-order valence-electron chi connectivity index (χ2n) is 13.8. The summed E-state index contributed by atoms with van der Waals surface area (Å²) in [6.07, 6.45) is -3.08. The molecule has 1 amide bonds. The van der Waals surface area contributed by atoms with Crippen LogP contribution in [0.5, 0.6) is 0 Å². The molecule has 22 heteroatoms. The molecule has 6 aromatic rings. The van der Waals surface area contributed by atoms with Gasteiger partial charge in [0.2, 0.25) is 15.9 Å². The van der Waals surface area contributed by atoms with Gasteiger partial charge in [0.15, 0.2) is 11.6 Å². The Labute approximate surface area is 320 Å². The molecule has 12 nitrogen and oxygen atoms in total. The van der Waals surface area contributed by atoms with Crippen LogP contribution in [-0.4, -0.2) is 49.7 Å². The Kier molecular flexibility index (Phi) is 8.91. The first-order valence-electron chi connectivity index (χ1n) is 16.8. The van der Waals surface area contributed by atoms with Gasteiger partial charge in [-0.2, -0.15) is 19.0 Å². The van der Waals surface area contributed by atoms with Crippen LogP contribution in [-0.2, 0) is 40.8 Å². The van der Waals surface area contributed by atoms with Crippen LogP contribution in [0, 0.1) is 29.2 Å². The van der Waals surface area contributed by atoms with Crippen LogP contribution in [0.25, 0.3) is 27.5 Å². The monoisotopic (exact) mass is 840 g/mol. The minimum absolute atomic E-state index is 0.0457. The third kappa shape index (κ3) is 6.55. The second-order valence-corrected chi connectivity index (χ2v) is 16.0. The van der Waals surface area contributed by atoms with Crippen LogP contribution in [0.2, 0.25) is 5.02 Å². The summed E-state index contributed by atoms with van der Waals surface area (Å²) in [6, 6.07) is 4.15. The first kappa shape index (κ1) is 38.3. The van der Waals surface area contributed by atoms with Crippen molar-refractivity contribution in [3.05, 3.63) is 109 Å². The summed E-state index contributed by atoms with van der Waals surface area (Å²) < 4.78 is 147. The zero-order chi connectivity index (χ0) is 41.0. The van der Waals surface area contributed by atoms with E-state index in [0.29, 0.717) is 22.9 Å². The molecule has 8 rings (SSSR count). The number of fused-ring (bicyclic) bond motifs is 5. The zero-order valence-electron chi connectivity index (χ0n) is 29.1. The van der Waals surface area contributed by atoms with Crippen molar-refractivity contribution >= 4 is 55.2 Å². The van der Waals surface area contributed by atoms with Gasteiger partial charge in [0.25, 0.3) is 17.9 Å². The number of benzene rings is 3. The number of amides is 1. The molecule has 3 aromatic heterocycles. The molecule has 2 N–H and O–H groups in total. The van der Waals surface area contributed by atoms with Crippen molar-refractivity contribution in [2.75, 3.05) is 11.0 Å². The van der Waals surface area contributed by atoms with E-state index in [-0.39, 0.29) is 45.0 Å². The number of alkyl halides is 4. The lowest BCUT2D eigenvalue weighted by Crippen LogP contribution is -2.38. The van der Waals surface area contributed by atoms with Gasteiger partial charge in [0.05, 0.1) is 39.3 Å². The summed E-state index contributed by atoms with van der Waals surface area (Å²) in [4.78, 5) is 32.7. The lowest BCUT2D eigenvalue weighted by Gasteiger charge is -2.24. The Morgan fingerprint density at radius 1 is 1.04 bits per heavy atom. The van der Waals surface area contributed by atoms with Gasteiger partial charge in [-0.05, 0) is 48.2 Å². The Balaban J connectivity index is 1.34. The third-order valence-electron chi connectivity index (χ3n) is 9.83. The topological polar surface area (TPSA) is 146 Å². The maximum Gasteiger partial charge on any atom is 0.293 e. The average molecular weight is 841 g/mol. The summed E-state index contributed by atoms with van der Waals surface area (Å²) in [6.45, 7) is -1.08. The van der Waals surface area contributed by atoms with Crippen LogP contribution in [0.15, 0.2) is 47.3 Å². The number of nitrogens with zero attached hydrogens (tertiary/aromatic N) is 6. The molecule has 1 saturated carbocycles. The normalized spacial score (nSPS) is 17.6. The van der Waals surface area contributed by atoms with Crippen LogP contribution in [0.1, 0.15) is 53.1 Å². The van der Waals surface area contributed by atoms with E-state index in [4.69, 9.17) is 11.6 Å². The van der Waals surface area contributed by atoms with Crippen molar-refractivity contribution in [1.29, 1.82) is 0 Å². The average Bonchev–Trinajstić information content (AvgIpc) is 3.63. The van der Waals surface area contributed by atoms with E-state index >= 15 is 13.2 Å². The molecule has 2 aliphatic rings. The Bertz CT molecular complexity index is 2860. The first-order valence-corrected chi connectivity index (χ1v) is 19.1. The molecule has 298 valence electrons. The van der Waals surface area contributed by atoms with E-state index in [1.165, 1.54) is 19.2 Å². The minimum Gasteiger partial charge on any atom is -0.344 e. The molecule has 3 aromatic carbocycles. The second kappa shape index (κ2) is 13.3. The van der Waals surface area contributed by atoms with Gasteiger partial charge in [-0.1, -0.05) is 11.6 Å². The zero-order valence-corrected chi connectivity index (χ0v) is 30.7. The van der Waals surface area contributed by atoms with E-state index in [1.54, 1.807) is 0 Å². The highest BCUT2D eigenvalue weighted by atomic mass is 35.5. The molecule has 0 aliphatic heterocycles. The van der Waals surface area contributed by atoms with Gasteiger partial charge < -0.3 is 5.32 Å². The van der Waals surface area contributed by atoms with Gasteiger partial charge in [0.1, 0.15) is 46.7 Å². The van der Waals surface area contributed by atoms with E-state index in [1.807, 2.05) is 0 Å². The lowest BCUT2D eigenvalue weighted by molar-refractivity contribution is -0.123. The van der Waals surface area contributed by atoms with Crippen molar-refractivity contribution in [2.24, 2.45) is 13.0 Å². The fourth-order valence-electron chi connectivity index (χ4n) is 7.61. The molecular weight excluding hydrogens is 816 g/mol. The number of carbonyl (C=O) groups is 1. The summed E-state index contributed by atoms with van der Waals surface area (Å²) in [5.41, 5.74) is -4.39. The number of aromatic nitrogens is 6. The number of hydrogen-bond acceptors (Lipinski definition) is 7. The Hall–Kier alpha value is -5.57. The first-order chi connectivity index (χ1) is 26.7. The number of anilines is 1. The van der Waals surface area contributed by atoms with Crippen LogP contribution < -0.4 is 15.6 Å². The van der Waals surface area contributed by atoms with Crippen LogP contribution >= 0.6 is 11.6 Å². The fourth-order valence-corrected chi connectivity index (χ4v) is 8.34. The predicted octanol–water partition coefficient (Wildman–Crippen LogP) is 6.30. The molecule has 57 heavy (non-hydrogen) atoms. The standard InChI is InChI=1S/C35H25ClF8N8O4S/c1-50-29-23(4-3-20(36)26(29)32(48-50)49-57(2,55)56)52-33(46-27-18(34(52)54)9-16(39)10-21(27)40)22(7-13-5-14(37)8-15(38)6-13)45-24(53)12-51-30-25(28(47-51)31(41)42)17-11-19(17)35(30,43)44/h3-6,8-10,17,19,22,31H,7,11-12H2,1-2H3,(H,45,53)(H,48,49)/t17-,19+,22-/m0/s1. The Morgan fingerprint density at radius 2 is 1.72 bits per heavy atom. The summed E-state index contributed by atoms with van der Waals surface area (Å²) in [5.74, 6) is -12.4. The van der Waals surface area contributed by atoms with E-state index < -0.39 is 116 Å². The number of rotatable bonds is 10. The van der Waals surface area contributed by atoms with Gasteiger partial charge >= 0.3 is 0 Å². The van der Waals surface area contributed by atoms with Gasteiger partial charge in [-0.25, -0.2) is 39.7 Å². The molecular formula is C35H25ClF8N8O4S. The lowest BCUT2D eigenvalue weighted by atomic mass is 10.0. The molecule has 0 unspecified atom stereocenters. The number of halogens is 9. The highest BCUT2D eigenvalue weighted by molar-refractivity contribution is 7.92. The van der Waals surface area contributed by atoms with E-state index in [2.05, 4.69) is 25.2 Å². The maximum atomic E-state index is 15.4. The predicted molar refractivity (Wildman–Crippen MR) is 188 cm³/mol. The SMILES string of the molecule is Cn1nc(NS(C)(=O)=O)c2c(Cl)ccc(-n3c([C@H](Cc4cc(F)cc(F)c4)NC(=O)Cn4nc(C(F)F)c5c4C(F)(F)[C@@H]4C[C@H]54)nc4c(F)cc(F)cc4c3=O)c21. The number of sulfonamides is 1. The van der Waals surface area contributed by atoms with Gasteiger partial charge in [-0.3, -0.25) is 28.2 Å². The molecule has 0 saturated heterocycles. The van der Waals surface area contributed by atoms with Crippen molar-refractivity contribution in [2.45, 2.75) is 43.7 Å².